The topological polar surface area (TPSA) is 72.7 Å². The lowest BCUT2D eigenvalue weighted by atomic mass is 9.86. The Morgan fingerprint density at radius 1 is 1.30 bits per heavy atom. The first-order valence-electron chi connectivity index (χ1n) is 7.95. The van der Waals surface area contributed by atoms with Crippen molar-refractivity contribution in [1.29, 1.82) is 0 Å². The summed E-state index contributed by atoms with van der Waals surface area (Å²) in [4.78, 5) is 13.5. The summed E-state index contributed by atoms with van der Waals surface area (Å²) >= 11 is 5.86. The van der Waals surface area contributed by atoms with Gasteiger partial charge in [-0.3, -0.25) is 4.79 Å². The second kappa shape index (κ2) is 7.08. The molecule has 0 unspecified atom stereocenters. The van der Waals surface area contributed by atoms with Gasteiger partial charge in [0.2, 0.25) is 11.7 Å². The van der Waals surface area contributed by atoms with E-state index in [0.717, 1.165) is 12.0 Å². The number of nitrogens with zero attached hydrogens (tertiary/aromatic N) is 4. The van der Waals surface area contributed by atoms with Crippen molar-refractivity contribution in [3.8, 4) is 11.4 Å². The molecule has 0 radical (unpaired) electrons. The van der Waals surface area contributed by atoms with Crippen molar-refractivity contribution in [3.63, 3.8) is 0 Å². The minimum atomic E-state index is -0.0659. The first kappa shape index (κ1) is 15.9. The second-order valence-electron chi connectivity index (χ2n) is 6.09. The van der Waals surface area contributed by atoms with Crippen LogP contribution in [-0.4, -0.2) is 32.2 Å². The molecule has 1 fully saturated rings. The van der Waals surface area contributed by atoms with E-state index in [1.165, 1.54) is 24.1 Å². The first-order valence-corrected chi connectivity index (χ1v) is 8.33. The van der Waals surface area contributed by atoms with Crippen molar-refractivity contribution in [2.45, 2.75) is 45.2 Å². The predicted octanol–water partition coefficient (Wildman–Crippen LogP) is 2.69. The van der Waals surface area contributed by atoms with Gasteiger partial charge in [-0.2, -0.15) is 4.80 Å². The largest absolute Gasteiger partial charge is 0.351 e. The Balaban J connectivity index is 1.60. The standard InChI is InChI=1S/C16H20ClN5O/c1-11-4-2-3-5-14(11)18-15(23)10-22-20-16(19-21-22)12-6-8-13(17)9-7-12/h6-9,11,14H,2-5,10H2,1H3,(H,18,23)/t11-,14-/m0/s1. The zero-order chi connectivity index (χ0) is 16.2. The van der Waals surface area contributed by atoms with Crippen LogP contribution in [0.15, 0.2) is 24.3 Å². The highest BCUT2D eigenvalue weighted by Gasteiger charge is 2.23. The molecule has 1 amide bonds. The van der Waals surface area contributed by atoms with E-state index in [2.05, 4.69) is 27.7 Å². The van der Waals surface area contributed by atoms with Gasteiger partial charge in [-0.05, 0) is 48.2 Å². The summed E-state index contributed by atoms with van der Waals surface area (Å²) in [6.07, 6.45) is 4.65. The van der Waals surface area contributed by atoms with Gasteiger partial charge in [0.05, 0.1) is 0 Å². The smallest absolute Gasteiger partial charge is 0.243 e. The summed E-state index contributed by atoms with van der Waals surface area (Å²) in [6.45, 7) is 2.28. The Kier molecular flexibility index (Phi) is 4.91. The van der Waals surface area contributed by atoms with E-state index < -0.39 is 0 Å². The Bertz CT molecular complexity index is 669. The number of rotatable bonds is 4. The number of hydrogen-bond donors (Lipinski definition) is 1. The van der Waals surface area contributed by atoms with E-state index in [-0.39, 0.29) is 18.5 Å². The van der Waals surface area contributed by atoms with Crippen molar-refractivity contribution >= 4 is 17.5 Å². The molecule has 1 heterocycles. The average Bonchev–Trinajstić information content (AvgIpc) is 2.98. The lowest BCUT2D eigenvalue weighted by Gasteiger charge is -2.29. The molecule has 0 aliphatic heterocycles. The highest BCUT2D eigenvalue weighted by molar-refractivity contribution is 6.30. The van der Waals surface area contributed by atoms with E-state index in [1.54, 1.807) is 12.1 Å². The molecule has 2 atom stereocenters. The van der Waals surface area contributed by atoms with Gasteiger partial charge in [-0.1, -0.05) is 31.4 Å². The molecule has 1 aromatic heterocycles. The fourth-order valence-electron chi connectivity index (χ4n) is 2.94. The highest BCUT2D eigenvalue weighted by atomic mass is 35.5. The third-order valence-electron chi connectivity index (χ3n) is 4.30. The normalized spacial score (nSPS) is 21.1. The summed E-state index contributed by atoms with van der Waals surface area (Å²) in [5.41, 5.74) is 0.821. The van der Waals surface area contributed by atoms with Crippen LogP contribution in [0.1, 0.15) is 32.6 Å². The van der Waals surface area contributed by atoms with Crippen LogP contribution in [0.25, 0.3) is 11.4 Å². The summed E-state index contributed by atoms with van der Waals surface area (Å²) in [7, 11) is 0. The lowest BCUT2D eigenvalue weighted by molar-refractivity contribution is -0.123. The number of halogens is 1. The Morgan fingerprint density at radius 3 is 2.78 bits per heavy atom. The molecule has 7 heteroatoms. The van der Waals surface area contributed by atoms with Crippen LogP contribution >= 0.6 is 11.6 Å². The Hall–Kier alpha value is -1.95. The summed E-state index contributed by atoms with van der Waals surface area (Å²) in [6, 6.07) is 7.46. The molecule has 6 nitrogen and oxygen atoms in total. The van der Waals surface area contributed by atoms with Crippen molar-refractivity contribution in [1.82, 2.24) is 25.5 Å². The monoisotopic (exact) mass is 333 g/mol. The van der Waals surface area contributed by atoms with Crippen molar-refractivity contribution in [2.24, 2.45) is 5.92 Å². The maximum absolute atomic E-state index is 12.2. The van der Waals surface area contributed by atoms with E-state index in [1.807, 2.05) is 12.1 Å². The lowest BCUT2D eigenvalue weighted by Crippen LogP contribution is -2.42. The number of carbonyl (C=O) groups excluding carboxylic acids is 1. The molecule has 122 valence electrons. The third kappa shape index (κ3) is 4.07. The quantitative estimate of drug-likeness (QED) is 0.933. The summed E-state index contributed by atoms with van der Waals surface area (Å²) in [5.74, 6) is 0.949. The molecule has 0 saturated heterocycles. The molecule has 1 aliphatic rings. The van der Waals surface area contributed by atoms with E-state index in [0.29, 0.717) is 16.8 Å². The number of carbonyl (C=O) groups is 1. The van der Waals surface area contributed by atoms with Gasteiger partial charge in [-0.15, -0.1) is 10.2 Å². The van der Waals surface area contributed by atoms with Gasteiger partial charge < -0.3 is 5.32 Å². The zero-order valence-corrected chi connectivity index (χ0v) is 13.8. The van der Waals surface area contributed by atoms with Crippen LogP contribution in [0, 0.1) is 5.92 Å². The predicted molar refractivity (Wildman–Crippen MR) is 87.8 cm³/mol. The maximum Gasteiger partial charge on any atom is 0.243 e. The van der Waals surface area contributed by atoms with Crippen molar-refractivity contribution in [3.05, 3.63) is 29.3 Å². The van der Waals surface area contributed by atoms with E-state index in [4.69, 9.17) is 11.6 Å². The van der Waals surface area contributed by atoms with E-state index >= 15 is 0 Å². The van der Waals surface area contributed by atoms with Crippen molar-refractivity contribution < 1.29 is 4.79 Å². The van der Waals surface area contributed by atoms with Crippen molar-refractivity contribution in [2.75, 3.05) is 0 Å². The third-order valence-corrected chi connectivity index (χ3v) is 4.55. The van der Waals surface area contributed by atoms with Gasteiger partial charge >= 0.3 is 0 Å². The number of hydrogen-bond acceptors (Lipinski definition) is 4. The maximum atomic E-state index is 12.2. The molecule has 1 aliphatic carbocycles. The van der Waals surface area contributed by atoms with Crippen LogP contribution < -0.4 is 5.32 Å². The Labute approximate surface area is 140 Å². The summed E-state index contributed by atoms with van der Waals surface area (Å²) in [5, 5.41) is 15.9. The molecular weight excluding hydrogens is 314 g/mol. The van der Waals surface area contributed by atoms with Crippen LogP contribution in [0.3, 0.4) is 0 Å². The molecule has 2 aromatic rings. The second-order valence-corrected chi connectivity index (χ2v) is 6.52. The number of amides is 1. The molecule has 1 aromatic carbocycles. The number of tetrazole rings is 1. The zero-order valence-electron chi connectivity index (χ0n) is 13.1. The van der Waals surface area contributed by atoms with Gasteiger partial charge in [-0.25, -0.2) is 0 Å². The molecule has 23 heavy (non-hydrogen) atoms. The number of nitrogens with one attached hydrogen (secondary N) is 1. The molecule has 3 rings (SSSR count). The number of aromatic nitrogens is 4. The van der Waals surface area contributed by atoms with Gasteiger partial charge in [0, 0.05) is 16.6 Å². The van der Waals surface area contributed by atoms with Crippen LogP contribution in [0.2, 0.25) is 5.02 Å². The van der Waals surface area contributed by atoms with Gasteiger partial charge in [0.1, 0.15) is 6.54 Å². The fourth-order valence-corrected chi connectivity index (χ4v) is 3.06. The average molecular weight is 334 g/mol. The SMILES string of the molecule is C[C@H]1CCCC[C@@H]1NC(=O)Cn1nnc(-c2ccc(Cl)cc2)n1. The molecule has 0 bridgehead atoms. The first-order chi connectivity index (χ1) is 11.1. The van der Waals surface area contributed by atoms with Gasteiger partial charge in [0.25, 0.3) is 0 Å². The molecule has 1 saturated carbocycles. The van der Waals surface area contributed by atoms with Crippen LogP contribution in [-0.2, 0) is 11.3 Å². The molecule has 0 spiro atoms. The van der Waals surface area contributed by atoms with Crippen LogP contribution in [0.5, 0.6) is 0 Å². The van der Waals surface area contributed by atoms with Gasteiger partial charge in [0.15, 0.2) is 0 Å². The minimum absolute atomic E-state index is 0.0659. The fraction of sp³-hybridized carbons (Fsp3) is 0.500. The molecular formula is C16H20ClN5O. The van der Waals surface area contributed by atoms with E-state index in [9.17, 15) is 4.79 Å². The Morgan fingerprint density at radius 2 is 2.04 bits per heavy atom. The molecule has 1 N–H and O–H groups in total. The number of benzene rings is 1. The summed E-state index contributed by atoms with van der Waals surface area (Å²) < 4.78 is 0. The van der Waals surface area contributed by atoms with Crippen LogP contribution in [0.4, 0.5) is 0 Å². The minimum Gasteiger partial charge on any atom is -0.351 e. The highest BCUT2D eigenvalue weighted by Crippen LogP contribution is 2.23.